The fourth-order valence-corrected chi connectivity index (χ4v) is 1.88. The Morgan fingerprint density at radius 1 is 1.28 bits per heavy atom. The summed E-state index contributed by atoms with van der Waals surface area (Å²) in [6.07, 6.45) is 0. The van der Waals surface area contributed by atoms with Crippen LogP contribution in [0.2, 0.25) is 0 Å². The van der Waals surface area contributed by atoms with E-state index in [0.717, 1.165) is 23.1 Å². The van der Waals surface area contributed by atoms with E-state index in [1.807, 2.05) is 25.1 Å². The zero-order valence-corrected chi connectivity index (χ0v) is 10.7. The summed E-state index contributed by atoms with van der Waals surface area (Å²) in [5.41, 5.74) is 2.57. The van der Waals surface area contributed by atoms with Crippen LogP contribution in [0.4, 0.5) is 0 Å². The number of imidazole rings is 1. The minimum atomic E-state index is -0.184. The van der Waals surface area contributed by atoms with E-state index in [4.69, 9.17) is 5.11 Å². The van der Waals surface area contributed by atoms with E-state index in [9.17, 15) is 4.79 Å². The lowest BCUT2D eigenvalue weighted by atomic mass is 10.1. The van der Waals surface area contributed by atoms with Crippen LogP contribution in [0.15, 0.2) is 23.0 Å². The van der Waals surface area contributed by atoms with Crippen molar-refractivity contribution in [1.29, 1.82) is 0 Å². The fourth-order valence-electron chi connectivity index (χ4n) is 1.88. The molecule has 2 atom stereocenters. The van der Waals surface area contributed by atoms with Gasteiger partial charge in [0, 0.05) is 19.2 Å². The zero-order valence-electron chi connectivity index (χ0n) is 10.7. The molecule has 18 heavy (non-hydrogen) atoms. The molecule has 0 aliphatic rings. The van der Waals surface area contributed by atoms with Crippen LogP contribution in [-0.2, 0) is 0 Å². The largest absolute Gasteiger partial charge is 0.396 e. The summed E-state index contributed by atoms with van der Waals surface area (Å²) < 4.78 is 0. The molecule has 1 aromatic carbocycles. The zero-order chi connectivity index (χ0) is 13.1. The number of aliphatic hydroxyl groups excluding tert-OH is 1. The Morgan fingerprint density at radius 2 is 2.00 bits per heavy atom. The Kier molecular flexibility index (Phi) is 3.84. The molecule has 0 spiro atoms. The summed E-state index contributed by atoms with van der Waals surface area (Å²) in [6.45, 7) is 5.01. The van der Waals surface area contributed by atoms with E-state index in [2.05, 4.69) is 22.2 Å². The van der Waals surface area contributed by atoms with E-state index < -0.39 is 0 Å². The molecule has 98 valence electrons. The Labute approximate surface area is 105 Å². The van der Waals surface area contributed by atoms with Crippen molar-refractivity contribution in [3.8, 4) is 0 Å². The van der Waals surface area contributed by atoms with Crippen LogP contribution in [0.3, 0.4) is 0 Å². The van der Waals surface area contributed by atoms with E-state index in [0.29, 0.717) is 0 Å². The predicted octanol–water partition coefficient (Wildman–Crippen LogP) is 1.14. The molecule has 2 aromatic rings. The molecule has 1 aromatic heterocycles. The molecular formula is C13H19N3O2. The molecule has 2 unspecified atom stereocenters. The molecule has 0 saturated heterocycles. The van der Waals surface area contributed by atoms with Crippen molar-refractivity contribution >= 4 is 11.0 Å². The molecule has 0 fully saturated rings. The monoisotopic (exact) mass is 249 g/mol. The van der Waals surface area contributed by atoms with Crippen molar-refractivity contribution in [2.24, 2.45) is 5.92 Å². The summed E-state index contributed by atoms with van der Waals surface area (Å²) in [4.78, 5) is 16.6. The number of aliphatic hydroxyl groups is 1. The lowest BCUT2D eigenvalue weighted by molar-refractivity contribution is 0.231. The number of hydrogen-bond acceptors (Lipinski definition) is 3. The number of hydrogen-bond donors (Lipinski definition) is 4. The van der Waals surface area contributed by atoms with Crippen LogP contribution in [0, 0.1) is 5.92 Å². The van der Waals surface area contributed by atoms with Crippen LogP contribution in [0.25, 0.3) is 11.0 Å². The van der Waals surface area contributed by atoms with Crippen molar-refractivity contribution in [3.05, 3.63) is 34.2 Å². The van der Waals surface area contributed by atoms with Gasteiger partial charge in [-0.15, -0.1) is 0 Å². The first kappa shape index (κ1) is 12.9. The van der Waals surface area contributed by atoms with E-state index in [1.54, 1.807) is 0 Å². The summed E-state index contributed by atoms with van der Waals surface area (Å²) >= 11 is 0. The third kappa shape index (κ3) is 2.80. The highest BCUT2D eigenvalue weighted by Gasteiger charge is 2.08. The fraction of sp³-hybridized carbons (Fsp3) is 0.462. The number of nitrogens with one attached hydrogen (secondary N) is 3. The van der Waals surface area contributed by atoms with Gasteiger partial charge in [0.2, 0.25) is 0 Å². The van der Waals surface area contributed by atoms with Gasteiger partial charge >= 0.3 is 5.69 Å². The van der Waals surface area contributed by atoms with Gasteiger partial charge in [-0.2, -0.15) is 0 Å². The van der Waals surface area contributed by atoms with E-state index >= 15 is 0 Å². The van der Waals surface area contributed by atoms with Crippen molar-refractivity contribution in [2.75, 3.05) is 13.2 Å². The standard InChI is InChI=1S/C13H19N3O2/c1-8(7-17)6-14-9(2)10-3-4-11-12(5-10)16-13(18)15-11/h3-5,8-9,14,17H,6-7H2,1-2H3,(H2,15,16,18). The first-order valence-corrected chi connectivity index (χ1v) is 6.16. The number of aromatic amines is 2. The average Bonchev–Trinajstić information content (AvgIpc) is 2.74. The van der Waals surface area contributed by atoms with Gasteiger partial charge in [0.25, 0.3) is 0 Å². The smallest absolute Gasteiger partial charge is 0.323 e. The number of H-pyrrole nitrogens is 2. The molecule has 4 N–H and O–H groups in total. The maximum atomic E-state index is 11.2. The molecule has 0 saturated carbocycles. The lowest BCUT2D eigenvalue weighted by Gasteiger charge is -2.16. The Bertz CT molecular complexity index is 573. The van der Waals surface area contributed by atoms with Gasteiger partial charge in [-0.1, -0.05) is 13.0 Å². The molecular weight excluding hydrogens is 230 g/mol. The molecule has 0 aliphatic carbocycles. The Balaban J connectivity index is 2.12. The van der Waals surface area contributed by atoms with Crippen molar-refractivity contribution in [3.63, 3.8) is 0 Å². The molecule has 0 radical (unpaired) electrons. The van der Waals surface area contributed by atoms with Crippen LogP contribution in [-0.4, -0.2) is 28.2 Å². The van der Waals surface area contributed by atoms with Gasteiger partial charge in [0.15, 0.2) is 0 Å². The van der Waals surface area contributed by atoms with Gasteiger partial charge in [0.05, 0.1) is 11.0 Å². The maximum absolute atomic E-state index is 11.2. The van der Waals surface area contributed by atoms with Gasteiger partial charge in [-0.05, 0) is 30.5 Å². The third-order valence-electron chi connectivity index (χ3n) is 3.12. The average molecular weight is 249 g/mol. The highest BCUT2D eigenvalue weighted by atomic mass is 16.3. The molecule has 5 heteroatoms. The molecule has 2 rings (SSSR count). The van der Waals surface area contributed by atoms with Crippen molar-refractivity contribution < 1.29 is 5.11 Å². The first-order valence-electron chi connectivity index (χ1n) is 6.16. The number of aromatic nitrogens is 2. The van der Waals surface area contributed by atoms with Gasteiger partial charge in [-0.3, -0.25) is 0 Å². The SMILES string of the molecule is CC(CO)CNC(C)c1ccc2[nH]c(=O)[nH]c2c1. The van der Waals surface area contributed by atoms with Gasteiger partial charge < -0.3 is 20.4 Å². The third-order valence-corrected chi connectivity index (χ3v) is 3.12. The lowest BCUT2D eigenvalue weighted by Crippen LogP contribution is -2.26. The summed E-state index contributed by atoms with van der Waals surface area (Å²) in [7, 11) is 0. The first-order chi connectivity index (χ1) is 8.60. The quantitative estimate of drug-likeness (QED) is 0.641. The van der Waals surface area contributed by atoms with Crippen LogP contribution < -0.4 is 11.0 Å². The van der Waals surface area contributed by atoms with Gasteiger partial charge in [0.1, 0.15) is 0 Å². The highest BCUT2D eigenvalue weighted by molar-refractivity contribution is 5.75. The number of benzene rings is 1. The minimum absolute atomic E-state index is 0.182. The maximum Gasteiger partial charge on any atom is 0.323 e. The van der Waals surface area contributed by atoms with E-state index in [-0.39, 0.29) is 24.3 Å². The van der Waals surface area contributed by atoms with Crippen LogP contribution in [0.1, 0.15) is 25.5 Å². The molecule has 0 aliphatic heterocycles. The minimum Gasteiger partial charge on any atom is -0.396 e. The Morgan fingerprint density at radius 3 is 2.72 bits per heavy atom. The summed E-state index contributed by atoms with van der Waals surface area (Å²) in [5.74, 6) is 0.239. The summed E-state index contributed by atoms with van der Waals surface area (Å²) in [5, 5.41) is 12.3. The normalized spacial score (nSPS) is 14.8. The van der Waals surface area contributed by atoms with E-state index in [1.165, 1.54) is 0 Å². The Hall–Kier alpha value is -1.59. The second-order valence-electron chi connectivity index (χ2n) is 4.80. The number of rotatable bonds is 5. The van der Waals surface area contributed by atoms with Crippen molar-refractivity contribution in [1.82, 2.24) is 15.3 Å². The van der Waals surface area contributed by atoms with Gasteiger partial charge in [-0.25, -0.2) is 4.79 Å². The van der Waals surface area contributed by atoms with Crippen LogP contribution >= 0.6 is 0 Å². The second-order valence-corrected chi connectivity index (χ2v) is 4.80. The second kappa shape index (κ2) is 5.37. The van der Waals surface area contributed by atoms with Crippen LogP contribution in [0.5, 0.6) is 0 Å². The predicted molar refractivity (Wildman–Crippen MR) is 71.6 cm³/mol. The summed E-state index contributed by atoms with van der Waals surface area (Å²) in [6, 6.07) is 6.04. The molecule has 0 bridgehead atoms. The number of fused-ring (bicyclic) bond motifs is 1. The highest BCUT2D eigenvalue weighted by Crippen LogP contribution is 2.17. The topological polar surface area (TPSA) is 80.9 Å². The molecule has 1 heterocycles. The molecule has 5 nitrogen and oxygen atoms in total. The van der Waals surface area contributed by atoms with Crippen molar-refractivity contribution in [2.45, 2.75) is 19.9 Å². The molecule has 0 amide bonds.